The highest BCUT2D eigenvalue weighted by atomic mass is 16.6. The van der Waals surface area contributed by atoms with Gasteiger partial charge in [0, 0.05) is 11.6 Å². The molecule has 0 spiro atoms. The molecule has 2 aromatic carbocycles. The average molecular weight is 381 g/mol. The highest BCUT2D eigenvalue weighted by Crippen LogP contribution is 2.35. The van der Waals surface area contributed by atoms with E-state index in [1.165, 1.54) is 0 Å². The molecule has 2 aliphatic heterocycles. The molecule has 2 aliphatic rings. The highest BCUT2D eigenvalue weighted by Gasteiger charge is 2.40. The third-order valence-corrected chi connectivity index (χ3v) is 4.60. The van der Waals surface area contributed by atoms with Gasteiger partial charge in [-0.2, -0.15) is 0 Å². The first-order valence-corrected chi connectivity index (χ1v) is 8.92. The van der Waals surface area contributed by atoms with Crippen LogP contribution in [0.1, 0.15) is 22.3 Å². The maximum atomic E-state index is 12.7. The van der Waals surface area contributed by atoms with Crippen molar-refractivity contribution >= 4 is 23.4 Å². The van der Waals surface area contributed by atoms with Gasteiger partial charge in [-0.05, 0) is 31.2 Å². The summed E-state index contributed by atoms with van der Waals surface area (Å²) in [5, 5.41) is 0. The van der Waals surface area contributed by atoms with Crippen molar-refractivity contribution in [3.8, 4) is 11.5 Å². The number of amides is 3. The van der Waals surface area contributed by atoms with Gasteiger partial charge in [0.2, 0.25) is 5.91 Å². The van der Waals surface area contributed by atoms with Crippen LogP contribution in [0.4, 0.5) is 5.69 Å². The van der Waals surface area contributed by atoms with Gasteiger partial charge in [-0.3, -0.25) is 19.8 Å². The summed E-state index contributed by atoms with van der Waals surface area (Å²) in [5.41, 5.74) is 7.07. The van der Waals surface area contributed by atoms with Crippen LogP contribution in [0.2, 0.25) is 0 Å². The van der Waals surface area contributed by atoms with Crippen LogP contribution in [0.25, 0.3) is 0 Å². The van der Waals surface area contributed by atoms with Crippen LogP contribution >= 0.6 is 0 Å². The second-order valence-corrected chi connectivity index (χ2v) is 6.62. The monoisotopic (exact) mass is 381 g/mol. The molecule has 2 N–H and O–H groups in total. The van der Waals surface area contributed by atoms with Crippen molar-refractivity contribution < 1.29 is 23.9 Å². The molecule has 1 fully saturated rings. The number of aryl methyl sites for hydroxylation is 1. The lowest BCUT2D eigenvalue weighted by molar-refractivity contribution is -0.121. The van der Waals surface area contributed by atoms with Crippen molar-refractivity contribution in [1.29, 1.82) is 0 Å². The molecule has 8 heteroatoms. The summed E-state index contributed by atoms with van der Waals surface area (Å²) in [5.74, 6) is -0.102. The third-order valence-electron chi connectivity index (χ3n) is 4.60. The summed E-state index contributed by atoms with van der Waals surface area (Å²) >= 11 is 0. The van der Waals surface area contributed by atoms with Crippen molar-refractivity contribution in [2.75, 3.05) is 18.1 Å². The van der Waals surface area contributed by atoms with E-state index in [9.17, 15) is 14.4 Å². The summed E-state index contributed by atoms with van der Waals surface area (Å²) in [6.07, 6.45) is -0.0541. The number of hydrogen-bond acceptors (Lipinski definition) is 6. The van der Waals surface area contributed by atoms with E-state index in [1.807, 2.05) is 19.1 Å². The Morgan fingerprint density at radius 1 is 1.04 bits per heavy atom. The number of carbonyl (C=O) groups is 3. The van der Waals surface area contributed by atoms with E-state index in [0.717, 1.165) is 10.5 Å². The van der Waals surface area contributed by atoms with Gasteiger partial charge in [-0.1, -0.05) is 17.7 Å². The Morgan fingerprint density at radius 2 is 1.75 bits per heavy atom. The molecule has 1 atom stereocenters. The first-order valence-electron chi connectivity index (χ1n) is 8.92. The molecule has 0 bridgehead atoms. The lowest BCUT2D eigenvalue weighted by Crippen LogP contribution is -2.48. The Labute approximate surface area is 161 Å². The molecule has 144 valence electrons. The van der Waals surface area contributed by atoms with Gasteiger partial charge in [0.25, 0.3) is 11.8 Å². The van der Waals surface area contributed by atoms with Crippen LogP contribution in [0.5, 0.6) is 11.5 Å². The Bertz CT molecular complexity index is 941. The van der Waals surface area contributed by atoms with Crippen molar-refractivity contribution in [2.45, 2.75) is 19.4 Å². The first-order chi connectivity index (χ1) is 13.5. The van der Waals surface area contributed by atoms with E-state index in [-0.39, 0.29) is 18.2 Å². The van der Waals surface area contributed by atoms with Gasteiger partial charge in [0.15, 0.2) is 11.5 Å². The molecule has 2 aromatic rings. The number of hydrogen-bond donors (Lipinski definition) is 2. The zero-order chi connectivity index (χ0) is 19.7. The smallest absolute Gasteiger partial charge is 0.265 e. The van der Waals surface area contributed by atoms with Crippen LogP contribution in [-0.4, -0.2) is 37.0 Å². The van der Waals surface area contributed by atoms with E-state index in [4.69, 9.17) is 9.47 Å². The molecular weight excluding hydrogens is 362 g/mol. The topological polar surface area (TPSA) is 97.0 Å². The van der Waals surface area contributed by atoms with E-state index in [2.05, 4.69) is 10.9 Å². The second kappa shape index (κ2) is 7.32. The number of hydrazine groups is 1. The molecule has 8 nitrogen and oxygen atoms in total. The van der Waals surface area contributed by atoms with E-state index < -0.39 is 11.9 Å². The van der Waals surface area contributed by atoms with Crippen molar-refractivity contribution in [2.24, 2.45) is 0 Å². The molecule has 0 unspecified atom stereocenters. The Hall–Kier alpha value is -3.39. The van der Waals surface area contributed by atoms with E-state index in [0.29, 0.717) is 36.0 Å². The maximum Gasteiger partial charge on any atom is 0.265 e. The zero-order valence-electron chi connectivity index (χ0n) is 15.2. The second-order valence-electron chi connectivity index (χ2n) is 6.62. The molecule has 2 heterocycles. The summed E-state index contributed by atoms with van der Waals surface area (Å²) in [7, 11) is 0. The molecule has 0 saturated carbocycles. The van der Waals surface area contributed by atoms with E-state index in [1.54, 1.807) is 30.3 Å². The number of nitrogens with zero attached hydrogens (tertiary/aromatic N) is 1. The lowest BCUT2D eigenvalue weighted by Gasteiger charge is -2.21. The fraction of sp³-hybridized carbons (Fsp3) is 0.250. The highest BCUT2D eigenvalue weighted by molar-refractivity contribution is 6.22. The predicted molar refractivity (Wildman–Crippen MR) is 100 cm³/mol. The maximum absolute atomic E-state index is 12.7. The molecular formula is C20H19N3O5. The van der Waals surface area contributed by atoms with Gasteiger partial charge >= 0.3 is 0 Å². The van der Waals surface area contributed by atoms with Crippen LogP contribution in [-0.2, 0) is 9.59 Å². The van der Waals surface area contributed by atoms with Crippen molar-refractivity contribution in [1.82, 2.24) is 10.9 Å². The Morgan fingerprint density at radius 3 is 2.50 bits per heavy atom. The largest absolute Gasteiger partial charge is 0.486 e. The number of anilines is 1. The predicted octanol–water partition coefficient (Wildman–Crippen LogP) is 1.33. The minimum absolute atomic E-state index is 0.0541. The van der Waals surface area contributed by atoms with Crippen LogP contribution < -0.4 is 25.2 Å². The minimum atomic E-state index is -0.838. The number of fused-ring (bicyclic) bond motifs is 1. The number of benzene rings is 2. The first kappa shape index (κ1) is 18.0. The van der Waals surface area contributed by atoms with Crippen molar-refractivity contribution in [3.05, 3.63) is 53.6 Å². The molecule has 0 aromatic heterocycles. The number of ether oxygens (including phenoxy) is 2. The fourth-order valence-electron chi connectivity index (χ4n) is 3.12. The average Bonchev–Trinajstić information content (AvgIpc) is 2.99. The number of imide groups is 1. The summed E-state index contributed by atoms with van der Waals surface area (Å²) in [6, 6.07) is 11.1. The third kappa shape index (κ3) is 3.41. The lowest BCUT2D eigenvalue weighted by atomic mass is 10.1. The van der Waals surface area contributed by atoms with Crippen LogP contribution in [0.15, 0.2) is 42.5 Å². The van der Waals surface area contributed by atoms with Gasteiger partial charge in [0.1, 0.15) is 19.3 Å². The quantitative estimate of drug-likeness (QED) is 0.613. The van der Waals surface area contributed by atoms with Gasteiger partial charge in [0.05, 0.1) is 12.1 Å². The number of nitrogens with one attached hydrogen (secondary N) is 2. The molecule has 28 heavy (non-hydrogen) atoms. The molecule has 0 aliphatic carbocycles. The summed E-state index contributed by atoms with van der Waals surface area (Å²) in [4.78, 5) is 38.4. The molecule has 3 amide bonds. The Kier molecular flexibility index (Phi) is 4.70. The Balaban J connectivity index is 1.44. The fourth-order valence-corrected chi connectivity index (χ4v) is 3.12. The summed E-state index contributed by atoms with van der Waals surface area (Å²) < 4.78 is 11.0. The van der Waals surface area contributed by atoms with Crippen molar-refractivity contribution in [3.63, 3.8) is 0 Å². The standard InChI is InChI=1S/C20H19N3O5/c1-12-2-4-13(5-3-12)19(25)22-21-15-11-18(24)23(20(15)26)14-6-7-16-17(10-14)28-9-8-27-16/h2-7,10,15,21H,8-9,11H2,1H3,(H,22,25)/t15-/m1/s1. The van der Waals surface area contributed by atoms with E-state index >= 15 is 0 Å². The van der Waals surface area contributed by atoms with Gasteiger partial charge in [-0.15, -0.1) is 0 Å². The molecule has 4 rings (SSSR count). The van der Waals surface area contributed by atoms with Gasteiger partial charge < -0.3 is 9.47 Å². The minimum Gasteiger partial charge on any atom is -0.486 e. The van der Waals surface area contributed by atoms with Crippen LogP contribution in [0, 0.1) is 6.92 Å². The van der Waals surface area contributed by atoms with Gasteiger partial charge in [-0.25, -0.2) is 10.3 Å². The normalized spacial score (nSPS) is 18.3. The molecule has 0 radical (unpaired) electrons. The number of carbonyl (C=O) groups excluding carboxylic acids is 3. The number of rotatable bonds is 4. The van der Waals surface area contributed by atoms with Crippen LogP contribution in [0.3, 0.4) is 0 Å². The zero-order valence-corrected chi connectivity index (χ0v) is 15.2. The summed E-state index contributed by atoms with van der Waals surface area (Å²) in [6.45, 7) is 2.80. The SMILES string of the molecule is Cc1ccc(C(=O)NN[C@@H]2CC(=O)N(c3ccc4c(c3)OCCO4)C2=O)cc1. The molecule has 1 saturated heterocycles.